The number of ether oxygens (including phenoxy) is 2. The summed E-state index contributed by atoms with van der Waals surface area (Å²) in [6, 6.07) is 25.9. The van der Waals surface area contributed by atoms with E-state index in [-0.39, 0.29) is 41.2 Å². The van der Waals surface area contributed by atoms with Crippen molar-refractivity contribution >= 4 is 50.7 Å². The van der Waals surface area contributed by atoms with Gasteiger partial charge in [-0.05, 0) is 72.5 Å². The summed E-state index contributed by atoms with van der Waals surface area (Å²) in [4.78, 5) is 30.3. The maximum atomic E-state index is 14.8. The van der Waals surface area contributed by atoms with Crippen molar-refractivity contribution in [3.63, 3.8) is 0 Å². The molecule has 1 fully saturated rings. The van der Waals surface area contributed by atoms with Crippen molar-refractivity contribution in [1.29, 1.82) is 0 Å². The summed E-state index contributed by atoms with van der Waals surface area (Å²) in [5.41, 5.74) is 1.63. The molecule has 0 radical (unpaired) electrons. The van der Waals surface area contributed by atoms with Crippen LogP contribution in [0.1, 0.15) is 36.8 Å². The number of hydrogen-bond acceptors (Lipinski definition) is 6. The standard InChI is InChI=1S/C37H39Cl2N3O6S/c1-47-29-17-19-30(20-18-29)49(45,46)42(33-14-8-9-15-35(33)48-2)25-36(43)41(24-27-16-21-31(38)32(39)22-27)34(23-26-10-4-3-5-11-26)37(44)40-28-12-6-7-13-28/h3-5,8-11,14-22,28,34H,6-7,12-13,23-25H2,1-2H3,(H,40,44)/t34-/m0/s1. The Kier molecular flexibility index (Phi) is 12.1. The van der Waals surface area contributed by atoms with Gasteiger partial charge >= 0.3 is 0 Å². The summed E-state index contributed by atoms with van der Waals surface area (Å²) in [5.74, 6) is -0.186. The molecule has 0 aromatic heterocycles. The molecule has 0 heterocycles. The highest BCUT2D eigenvalue weighted by atomic mass is 35.5. The van der Waals surface area contributed by atoms with Crippen LogP contribution >= 0.6 is 23.2 Å². The summed E-state index contributed by atoms with van der Waals surface area (Å²) in [7, 11) is -1.42. The van der Waals surface area contributed by atoms with Gasteiger partial charge in [-0.2, -0.15) is 0 Å². The maximum absolute atomic E-state index is 14.8. The van der Waals surface area contributed by atoms with E-state index >= 15 is 0 Å². The normalized spacial score (nSPS) is 13.8. The molecule has 5 rings (SSSR count). The van der Waals surface area contributed by atoms with Gasteiger partial charge in [0.2, 0.25) is 11.8 Å². The van der Waals surface area contributed by atoms with Crippen LogP contribution in [0.15, 0.2) is 102 Å². The number of carbonyl (C=O) groups is 2. The Labute approximate surface area is 297 Å². The first kappa shape index (κ1) is 36.0. The second-order valence-corrected chi connectivity index (χ2v) is 14.5. The molecule has 0 spiro atoms. The van der Waals surface area contributed by atoms with Gasteiger partial charge in [0, 0.05) is 19.0 Å². The van der Waals surface area contributed by atoms with Crippen LogP contribution in [0.5, 0.6) is 11.5 Å². The van der Waals surface area contributed by atoms with E-state index in [4.69, 9.17) is 32.7 Å². The topological polar surface area (TPSA) is 105 Å². The summed E-state index contributed by atoms with van der Waals surface area (Å²) >= 11 is 12.6. The van der Waals surface area contributed by atoms with Crippen LogP contribution in [0.3, 0.4) is 0 Å². The van der Waals surface area contributed by atoms with Crippen LogP contribution < -0.4 is 19.1 Å². The van der Waals surface area contributed by atoms with Crippen molar-refractivity contribution < 1.29 is 27.5 Å². The first-order chi connectivity index (χ1) is 23.6. The molecule has 258 valence electrons. The molecule has 1 aliphatic rings. The number of methoxy groups -OCH3 is 2. The van der Waals surface area contributed by atoms with Crippen molar-refractivity contribution in [3.8, 4) is 11.5 Å². The molecule has 12 heteroatoms. The van der Waals surface area contributed by atoms with Crippen LogP contribution in [-0.4, -0.2) is 58.0 Å². The maximum Gasteiger partial charge on any atom is 0.264 e. The molecule has 49 heavy (non-hydrogen) atoms. The molecule has 4 aromatic rings. The third-order valence-corrected chi connectivity index (χ3v) is 11.1. The smallest absolute Gasteiger partial charge is 0.264 e. The number of anilines is 1. The predicted octanol–water partition coefficient (Wildman–Crippen LogP) is 6.90. The summed E-state index contributed by atoms with van der Waals surface area (Å²) in [5, 5.41) is 3.80. The molecular formula is C37H39Cl2N3O6S. The van der Waals surface area contributed by atoms with Crippen molar-refractivity contribution in [1.82, 2.24) is 10.2 Å². The zero-order chi connectivity index (χ0) is 35.0. The van der Waals surface area contributed by atoms with Gasteiger partial charge in [-0.25, -0.2) is 8.42 Å². The van der Waals surface area contributed by atoms with Crippen LogP contribution in [0.4, 0.5) is 5.69 Å². The molecule has 1 saturated carbocycles. The highest BCUT2D eigenvalue weighted by Crippen LogP contribution is 2.33. The number of carbonyl (C=O) groups excluding carboxylic acids is 2. The lowest BCUT2D eigenvalue weighted by atomic mass is 10.0. The molecule has 9 nitrogen and oxygen atoms in total. The van der Waals surface area contributed by atoms with Crippen LogP contribution in [0, 0.1) is 0 Å². The third kappa shape index (κ3) is 8.86. The van der Waals surface area contributed by atoms with E-state index in [0.717, 1.165) is 35.6 Å². The summed E-state index contributed by atoms with van der Waals surface area (Å²) in [6.45, 7) is -0.661. The Morgan fingerprint density at radius 3 is 2.16 bits per heavy atom. The molecular weight excluding hydrogens is 685 g/mol. The van der Waals surface area contributed by atoms with E-state index in [1.165, 1.54) is 43.4 Å². The Balaban J connectivity index is 1.60. The van der Waals surface area contributed by atoms with Crippen molar-refractivity contribution in [2.45, 2.75) is 55.6 Å². The molecule has 0 aliphatic heterocycles. The second kappa shape index (κ2) is 16.4. The Morgan fingerprint density at radius 1 is 0.837 bits per heavy atom. The Morgan fingerprint density at radius 2 is 1.51 bits per heavy atom. The minimum atomic E-state index is -4.34. The molecule has 2 amide bonds. The van der Waals surface area contributed by atoms with E-state index < -0.39 is 28.5 Å². The average Bonchev–Trinajstić information content (AvgIpc) is 3.63. The fraction of sp³-hybridized carbons (Fsp3) is 0.297. The molecule has 1 atom stereocenters. The van der Waals surface area contributed by atoms with Crippen LogP contribution in [-0.2, 0) is 32.6 Å². The number of nitrogens with one attached hydrogen (secondary N) is 1. The van der Waals surface area contributed by atoms with Gasteiger partial charge in [-0.3, -0.25) is 13.9 Å². The van der Waals surface area contributed by atoms with E-state index in [0.29, 0.717) is 21.4 Å². The third-order valence-electron chi connectivity index (χ3n) is 8.59. The Bertz CT molecular complexity index is 1850. The minimum Gasteiger partial charge on any atom is -0.497 e. The lowest BCUT2D eigenvalue weighted by Gasteiger charge is -2.34. The number of para-hydroxylation sites is 2. The monoisotopic (exact) mass is 723 g/mol. The van der Waals surface area contributed by atoms with Crippen LogP contribution in [0.2, 0.25) is 10.0 Å². The van der Waals surface area contributed by atoms with E-state index in [1.54, 1.807) is 42.5 Å². The average molecular weight is 725 g/mol. The molecule has 1 aliphatic carbocycles. The van der Waals surface area contributed by atoms with Gasteiger partial charge in [0.15, 0.2) is 0 Å². The molecule has 4 aromatic carbocycles. The van der Waals surface area contributed by atoms with Gasteiger partial charge in [-0.15, -0.1) is 0 Å². The van der Waals surface area contributed by atoms with Gasteiger partial charge in [-0.1, -0.05) is 84.6 Å². The predicted molar refractivity (Wildman–Crippen MR) is 192 cm³/mol. The number of nitrogens with zero attached hydrogens (tertiary/aromatic N) is 2. The molecule has 0 bridgehead atoms. The number of halogens is 2. The van der Waals surface area contributed by atoms with Gasteiger partial charge < -0.3 is 19.7 Å². The molecule has 0 saturated heterocycles. The molecule has 0 unspecified atom stereocenters. The quantitative estimate of drug-likeness (QED) is 0.152. The van der Waals surface area contributed by atoms with Gasteiger partial charge in [0.1, 0.15) is 24.1 Å². The number of sulfonamides is 1. The fourth-order valence-electron chi connectivity index (χ4n) is 5.98. The first-order valence-corrected chi connectivity index (χ1v) is 18.2. The lowest BCUT2D eigenvalue weighted by molar-refractivity contribution is -0.140. The first-order valence-electron chi connectivity index (χ1n) is 16.0. The van der Waals surface area contributed by atoms with Crippen molar-refractivity contribution in [3.05, 3.63) is 118 Å². The fourth-order valence-corrected chi connectivity index (χ4v) is 7.73. The lowest BCUT2D eigenvalue weighted by Crippen LogP contribution is -2.54. The minimum absolute atomic E-state index is 0.00627. The Hall–Kier alpha value is -4.25. The summed E-state index contributed by atoms with van der Waals surface area (Å²) < 4.78 is 40.5. The zero-order valence-corrected chi connectivity index (χ0v) is 29.7. The highest BCUT2D eigenvalue weighted by molar-refractivity contribution is 7.92. The van der Waals surface area contributed by atoms with E-state index in [9.17, 15) is 18.0 Å². The molecule has 1 N–H and O–H groups in total. The summed E-state index contributed by atoms with van der Waals surface area (Å²) in [6.07, 6.45) is 3.93. The van der Waals surface area contributed by atoms with Gasteiger partial charge in [0.05, 0.1) is 34.8 Å². The second-order valence-electron chi connectivity index (χ2n) is 11.8. The number of rotatable bonds is 14. The van der Waals surface area contributed by atoms with Crippen molar-refractivity contribution in [2.24, 2.45) is 0 Å². The number of amides is 2. The zero-order valence-electron chi connectivity index (χ0n) is 27.4. The largest absolute Gasteiger partial charge is 0.497 e. The van der Waals surface area contributed by atoms with E-state index in [2.05, 4.69) is 5.32 Å². The van der Waals surface area contributed by atoms with E-state index in [1.807, 2.05) is 30.3 Å². The number of benzene rings is 4. The highest BCUT2D eigenvalue weighted by Gasteiger charge is 2.36. The van der Waals surface area contributed by atoms with Crippen molar-refractivity contribution in [2.75, 3.05) is 25.1 Å². The number of hydrogen-bond donors (Lipinski definition) is 1. The SMILES string of the molecule is COc1ccc(S(=O)(=O)N(CC(=O)N(Cc2ccc(Cl)c(Cl)c2)[C@@H](Cc2ccccc2)C(=O)NC2CCCC2)c2ccccc2OC)cc1. The van der Waals surface area contributed by atoms with Gasteiger partial charge in [0.25, 0.3) is 10.0 Å². The van der Waals surface area contributed by atoms with Crippen LogP contribution in [0.25, 0.3) is 0 Å².